The van der Waals surface area contributed by atoms with Gasteiger partial charge in [-0.25, -0.2) is 4.79 Å². The molecule has 0 saturated heterocycles. The molecule has 0 radical (unpaired) electrons. The molecular weight excluding hydrogens is 486 g/mol. The zero-order chi connectivity index (χ0) is 27.8. The van der Waals surface area contributed by atoms with Crippen LogP contribution < -0.4 is 0 Å². The van der Waals surface area contributed by atoms with Crippen molar-refractivity contribution in [1.82, 2.24) is 4.90 Å². The second-order valence-corrected chi connectivity index (χ2v) is 10.7. The number of amides is 1. The standard InChI is InChI=1S/C34H53NO4/c1-2-3-4-5-6-7-8-9-10-11-12-13-14-21-26-38-30-33(36)28-35(27-31-22-17-15-18-23-31)34(37)39-29-32-24-19-16-20-25-32/h15-20,22-25,33,36H,2-14,21,26-30H2,1H3. The Hall–Kier alpha value is -2.37. The molecule has 0 aliphatic rings. The topological polar surface area (TPSA) is 59.0 Å². The smallest absolute Gasteiger partial charge is 0.410 e. The maximum atomic E-state index is 12.8. The van der Waals surface area contributed by atoms with E-state index in [-0.39, 0.29) is 19.8 Å². The monoisotopic (exact) mass is 539 g/mol. The molecule has 0 aliphatic heterocycles. The van der Waals surface area contributed by atoms with E-state index >= 15 is 0 Å². The van der Waals surface area contributed by atoms with E-state index in [0.29, 0.717) is 13.2 Å². The first-order valence-electron chi connectivity index (χ1n) is 15.4. The summed E-state index contributed by atoms with van der Waals surface area (Å²) in [6.07, 6.45) is 17.4. The van der Waals surface area contributed by atoms with Crippen LogP contribution in [0.2, 0.25) is 0 Å². The highest BCUT2D eigenvalue weighted by molar-refractivity contribution is 5.67. The second kappa shape index (κ2) is 22.4. The quantitative estimate of drug-likeness (QED) is 0.144. The van der Waals surface area contributed by atoms with Gasteiger partial charge in [0.2, 0.25) is 0 Å². The molecule has 5 heteroatoms. The minimum atomic E-state index is -0.760. The zero-order valence-electron chi connectivity index (χ0n) is 24.4. The molecule has 0 bridgehead atoms. The van der Waals surface area contributed by atoms with E-state index in [1.54, 1.807) is 4.90 Å². The minimum absolute atomic E-state index is 0.168. The van der Waals surface area contributed by atoms with Crippen molar-refractivity contribution in [2.24, 2.45) is 0 Å². The van der Waals surface area contributed by atoms with Crippen molar-refractivity contribution in [1.29, 1.82) is 0 Å². The lowest BCUT2D eigenvalue weighted by Crippen LogP contribution is -2.39. The Morgan fingerprint density at radius 1 is 0.718 bits per heavy atom. The summed E-state index contributed by atoms with van der Waals surface area (Å²) in [7, 11) is 0. The van der Waals surface area contributed by atoms with Crippen LogP contribution in [0.15, 0.2) is 60.7 Å². The van der Waals surface area contributed by atoms with Gasteiger partial charge in [-0.05, 0) is 17.5 Å². The third-order valence-corrected chi connectivity index (χ3v) is 7.06. The molecule has 0 aliphatic carbocycles. The van der Waals surface area contributed by atoms with E-state index in [1.807, 2.05) is 60.7 Å². The van der Waals surface area contributed by atoms with Crippen molar-refractivity contribution >= 4 is 6.09 Å². The summed E-state index contributed by atoms with van der Waals surface area (Å²) in [4.78, 5) is 14.4. The van der Waals surface area contributed by atoms with Crippen LogP contribution in [0.3, 0.4) is 0 Å². The fraction of sp³-hybridized carbons (Fsp3) is 0.618. The van der Waals surface area contributed by atoms with E-state index in [4.69, 9.17) is 9.47 Å². The predicted octanol–water partition coefficient (Wildman–Crippen LogP) is 8.68. The van der Waals surface area contributed by atoms with Crippen LogP contribution in [-0.4, -0.2) is 42.0 Å². The number of aliphatic hydroxyl groups is 1. The molecule has 0 spiro atoms. The van der Waals surface area contributed by atoms with Crippen molar-refractivity contribution in [3.63, 3.8) is 0 Å². The van der Waals surface area contributed by atoms with E-state index < -0.39 is 12.2 Å². The summed E-state index contributed by atoms with van der Waals surface area (Å²) in [5.41, 5.74) is 1.92. The molecule has 0 fully saturated rings. The Kier molecular flexibility index (Phi) is 18.9. The van der Waals surface area contributed by atoms with Gasteiger partial charge in [-0.15, -0.1) is 0 Å². The molecule has 1 atom stereocenters. The first-order chi connectivity index (χ1) is 19.2. The number of aliphatic hydroxyl groups excluding tert-OH is 1. The van der Waals surface area contributed by atoms with Crippen LogP contribution in [0.4, 0.5) is 4.79 Å². The van der Waals surface area contributed by atoms with Gasteiger partial charge in [-0.2, -0.15) is 0 Å². The Morgan fingerprint density at radius 3 is 1.74 bits per heavy atom. The summed E-state index contributed by atoms with van der Waals surface area (Å²) in [6.45, 7) is 3.89. The van der Waals surface area contributed by atoms with Crippen LogP contribution in [0.1, 0.15) is 108 Å². The van der Waals surface area contributed by atoms with E-state index in [0.717, 1.165) is 17.5 Å². The largest absolute Gasteiger partial charge is 0.445 e. The number of hydrogen-bond donors (Lipinski definition) is 1. The van der Waals surface area contributed by atoms with E-state index in [9.17, 15) is 9.90 Å². The Labute approximate surface area is 237 Å². The van der Waals surface area contributed by atoms with E-state index in [2.05, 4.69) is 6.92 Å². The summed E-state index contributed by atoms with van der Waals surface area (Å²) < 4.78 is 11.3. The van der Waals surface area contributed by atoms with Crippen LogP contribution >= 0.6 is 0 Å². The summed E-state index contributed by atoms with van der Waals surface area (Å²) >= 11 is 0. The third kappa shape index (κ3) is 17.0. The summed E-state index contributed by atoms with van der Waals surface area (Å²) in [6, 6.07) is 19.4. The normalized spacial score (nSPS) is 11.8. The molecule has 1 amide bonds. The fourth-order valence-electron chi connectivity index (χ4n) is 4.74. The number of ether oxygens (including phenoxy) is 2. The number of nitrogens with zero attached hydrogens (tertiary/aromatic N) is 1. The number of hydrogen-bond acceptors (Lipinski definition) is 4. The highest BCUT2D eigenvalue weighted by Crippen LogP contribution is 2.13. The van der Waals surface area contributed by atoms with Crippen molar-refractivity contribution in [3.05, 3.63) is 71.8 Å². The number of unbranched alkanes of at least 4 members (excludes halogenated alkanes) is 13. The van der Waals surface area contributed by atoms with Gasteiger partial charge in [0, 0.05) is 13.2 Å². The van der Waals surface area contributed by atoms with Gasteiger partial charge in [0.05, 0.1) is 19.3 Å². The minimum Gasteiger partial charge on any atom is -0.445 e. The van der Waals surface area contributed by atoms with Crippen LogP contribution in [-0.2, 0) is 22.6 Å². The van der Waals surface area contributed by atoms with Gasteiger partial charge in [0.1, 0.15) is 6.61 Å². The molecule has 5 nitrogen and oxygen atoms in total. The Morgan fingerprint density at radius 2 is 1.21 bits per heavy atom. The van der Waals surface area contributed by atoms with Gasteiger partial charge in [0.25, 0.3) is 0 Å². The number of benzene rings is 2. The first-order valence-corrected chi connectivity index (χ1v) is 15.4. The SMILES string of the molecule is CCCCCCCCCCCCCCCCOCC(O)CN(Cc1ccccc1)C(=O)OCc1ccccc1. The van der Waals surface area contributed by atoms with Crippen LogP contribution in [0.25, 0.3) is 0 Å². The molecule has 1 N–H and O–H groups in total. The number of carbonyl (C=O) groups excluding carboxylic acids is 1. The van der Waals surface area contributed by atoms with Gasteiger partial charge in [-0.3, -0.25) is 0 Å². The lowest BCUT2D eigenvalue weighted by molar-refractivity contribution is 0.0106. The molecule has 0 aromatic heterocycles. The van der Waals surface area contributed by atoms with Gasteiger partial charge in [0.15, 0.2) is 0 Å². The molecule has 0 saturated carbocycles. The van der Waals surface area contributed by atoms with Crippen molar-refractivity contribution < 1.29 is 19.4 Å². The summed E-state index contributed by atoms with van der Waals surface area (Å²) in [5, 5.41) is 10.6. The van der Waals surface area contributed by atoms with E-state index in [1.165, 1.54) is 83.5 Å². The number of rotatable bonds is 23. The van der Waals surface area contributed by atoms with Gasteiger partial charge in [-0.1, -0.05) is 151 Å². The maximum Gasteiger partial charge on any atom is 0.410 e. The molecule has 2 aromatic carbocycles. The zero-order valence-corrected chi connectivity index (χ0v) is 24.4. The lowest BCUT2D eigenvalue weighted by atomic mass is 10.0. The highest BCUT2D eigenvalue weighted by Gasteiger charge is 2.20. The fourth-order valence-corrected chi connectivity index (χ4v) is 4.74. The molecule has 218 valence electrons. The van der Waals surface area contributed by atoms with Gasteiger partial charge < -0.3 is 19.5 Å². The predicted molar refractivity (Wildman–Crippen MR) is 161 cm³/mol. The Balaban J connectivity index is 1.54. The molecule has 39 heavy (non-hydrogen) atoms. The second-order valence-electron chi connectivity index (χ2n) is 10.7. The molecule has 1 unspecified atom stereocenters. The average Bonchev–Trinajstić information content (AvgIpc) is 2.96. The lowest BCUT2D eigenvalue weighted by Gasteiger charge is -2.25. The third-order valence-electron chi connectivity index (χ3n) is 7.06. The van der Waals surface area contributed by atoms with Crippen molar-refractivity contribution in [2.45, 2.75) is 116 Å². The van der Waals surface area contributed by atoms with Crippen LogP contribution in [0.5, 0.6) is 0 Å². The molecule has 2 rings (SSSR count). The highest BCUT2D eigenvalue weighted by atomic mass is 16.6. The molecule has 0 heterocycles. The maximum absolute atomic E-state index is 12.8. The van der Waals surface area contributed by atoms with Gasteiger partial charge >= 0.3 is 6.09 Å². The van der Waals surface area contributed by atoms with Crippen molar-refractivity contribution in [3.8, 4) is 0 Å². The molecule has 2 aromatic rings. The first kappa shape index (κ1) is 32.8. The van der Waals surface area contributed by atoms with Crippen molar-refractivity contribution in [2.75, 3.05) is 19.8 Å². The molecular formula is C34H53NO4. The number of carbonyl (C=O) groups is 1. The Bertz CT molecular complexity index is 830. The van der Waals surface area contributed by atoms with Crippen LogP contribution in [0, 0.1) is 0 Å². The average molecular weight is 540 g/mol. The summed E-state index contributed by atoms with van der Waals surface area (Å²) in [5.74, 6) is 0.